The minimum Gasteiger partial charge on any atom is -0.756 e. The van der Waals surface area contributed by atoms with E-state index in [0.717, 1.165) is 44.9 Å². The predicted molar refractivity (Wildman–Crippen MR) is 162 cm³/mol. The number of esters is 2. The first-order valence-electron chi connectivity index (χ1n) is 16.0. The van der Waals surface area contributed by atoms with E-state index in [1.54, 1.807) is 0 Å². The number of hydrogen-bond donors (Lipinski definition) is 5. The summed E-state index contributed by atoms with van der Waals surface area (Å²) in [7, 11) is -24.1. The van der Waals surface area contributed by atoms with Gasteiger partial charge in [-0.1, -0.05) is 65.2 Å². The first kappa shape index (κ1) is 64.9. The van der Waals surface area contributed by atoms with Gasteiger partial charge in [0, 0.05) is 12.8 Å². The average Bonchev–Trinajstić information content (AvgIpc) is 2.99. The van der Waals surface area contributed by atoms with E-state index in [-0.39, 0.29) is 131 Å². The van der Waals surface area contributed by atoms with Crippen LogP contribution in [0.4, 0.5) is 0 Å². The van der Waals surface area contributed by atoms with Gasteiger partial charge in [0.1, 0.15) is 43.2 Å². The van der Waals surface area contributed by atoms with Crippen molar-refractivity contribution < 1.29 is 223 Å². The fourth-order valence-electron chi connectivity index (χ4n) is 4.82. The van der Waals surface area contributed by atoms with Crippen molar-refractivity contribution in [1.29, 1.82) is 0 Å². The van der Waals surface area contributed by atoms with Crippen LogP contribution < -0.4 is 138 Å². The number of ether oxygens (including phenoxy) is 2. The van der Waals surface area contributed by atoms with Crippen LogP contribution in [0.15, 0.2) is 0 Å². The molecular weight excluding hydrogens is 868 g/mol. The van der Waals surface area contributed by atoms with Crippen molar-refractivity contribution in [1.82, 2.24) is 0 Å². The van der Waals surface area contributed by atoms with Gasteiger partial charge in [0.25, 0.3) is 31.3 Å². The molecule has 1 aliphatic carbocycles. The Hall–Kier alpha value is 3.30. The molecule has 1 saturated carbocycles. The second-order valence-corrected chi connectivity index (χ2v) is 16.3. The van der Waals surface area contributed by atoms with E-state index in [1.807, 2.05) is 13.8 Å². The van der Waals surface area contributed by atoms with E-state index >= 15 is 0 Å². The van der Waals surface area contributed by atoms with Gasteiger partial charge in [0.2, 0.25) is 0 Å². The predicted octanol–water partition coefficient (Wildman–Crippen LogP) is -12.7. The molecular formula is C25H46Na4O22P4. The summed E-state index contributed by atoms with van der Waals surface area (Å²) in [6.45, 7) is 2.22. The summed E-state index contributed by atoms with van der Waals surface area (Å²) < 4.78 is 79.1. The molecule has 0 heterocycles. The summed E-state index contributed by atoms with van der Waals surface area (Å²) in [4.78, 5) is 99.3. The van der Waals surface area contributed by atoms with Gasteiger partial charge >= 0.3 is 130 Å². The molecule has 0 aromatic carbocycles. The first-order chi connectivity index (χ1) is 23.5. The van der Waals surface area contributed by atoms with Gasteiger partial charge in [-0.05, 0) is 12.8 Å². The average molecular weight is 914 g/mol. The van der Waals surface area contributed by atoms with Crippen LogP contribution in [0.2, 0.25) is 0 Å². The van der Waals surface area contributed by atoms with Crippen LogP contribution in [0.3, 0.4) is 0 Å². The molecule has 0 spiro atoms. The maximum Gasteiger partial charge on any atom is 1.00 e. The molecule has 302 valence electrons. The van der Waals surface area contributed by atoms with Crippen LogP contribution >= 0.6 is 31.3 Å². The molecule has 22 nitrogen and oxygen atoms in total. The van der Waals surface area contributed by atoms with Crippen LogP contribution in [0.25, 0.3) is 0 Å². The quantitative estimate of drug-likeness (QED) is 0.0233. The fourth-order valence-corrected chi connectivity index (χ4v) is 7.43. The molecule has 1 fully saturated rings. The minimum absolute atomic E-state index is 0. The van der Waals surface area contributed by atoms with E-state index < -0.39 is 99.2 Å². The third kappa shape index (κ3) is 30.1. The van der Waals surface area contributed by atoms with Crippen molar-refractivity contribution in [3.8, 4) is 0 Å². The Morgan fingerprint density at radius 3 is 1.35 bits per heavy atom. The van der Waals surface area contributed by atoms with Crippen LogP contribution in [-0.2, 0) is 59.9 Å². The monoisotopic (exact) mass is 914 g/mol. The Labute approximate surface area is 408 Å². The molecule has 0 aliphatic heterocycles. The maximum atomic E-state index is 12.8. The standard InChI is InChI=1S/C25H50O22P4.4Na/c1-3-5-7-9-11-13-18(26)41-15-17(43-19(27)14-12-10-8-6-4-2)16-42-51(39,40)47-22-20(28)23(44-48(30,31)32)25(46-50(36,37)38)24(21(22)29)45-49(33,34)35;;;;/h17,20-25,28-29H,3-16H2,1-2H3,(H,39,40)(H2,30,31,32)(H2,33,34,35)(H2,36,37,38);;;;/q;4*+1/p-4/t17-,20+,21+,22?,23-,24+,25?;;;;/m1..../s1. The number of aliphatic hydroxyl groups is 2. The normalized spacial score (nSPS) is 25.7. The largest absolute Gasteiger partial charge is 1.00 e. The number of phosphoric ester groups is 4. The van der Waals surface area contributed by atoms with Crippen LogP contribution in [0.5, 0.6) is 0 Å². The van der Waals surface area contributed by atoms with Crippen molar-refractivity contribution in [2.75, 3.05) is 13.2 Å². The molecule has 1 aliphatic rings. The van der Waals surface area contributed by atoms with Gasteiger partial charge in [-0.2, -0.15) is 0 Å². The van der Waals surface area contributed by atoms with E-state index in [9.17, 15) is 57.6 Å². The van der Waals surface area contributed by atoms with Gasteiger partial charge in [-0.25, -0.2) is 0 Å². The van der Waals surface area contributed by atoms with Crippen molar-refractivity contribution in [2.45, 2.75) is 134 Å². The molecule has 0 radical (unpaired) electrons. The summed E-state index contributed by atoms with van der Waals surface area (Å²) >= 11 is 0. The number of aliphatic hydroxyl groups excluding tert-OH is 2. The Morgan fingerprint density at radius 2 is 0.945 bits per heavy atom. The Kier molecular flexibility index (Phi) is 37.8. The Morgan fingerprint density at radius 1 is 0.564 bits per heavy atom. The molecule has 0 aromatic heterocycles. The van der Waals surface area contributed by atoms with Gasteiger partial charge in [-0.3, -0.25) is 27.8 Å². The topological polar surface area (TPSA) is 360 Å². The molecule has 55 heavy (non-hydrogen) atoms. The molecule has 1 rings (SSSR count). The molecule has 0 bridgehead atoms. The van der Waals surface area contributed by atoms with Crippen LogP contribution in [-0.4, -0.2) is 92.8 Å². The zero-order chi connectivity index (χ0) is 39.0. The summed E-state index contributed by atoms with van der Waals surface area (Å²) in [5, 5.41) is 21.3. The summed E-state index contributed by atoms with van der Waals surface area (Å²) in [5.41, 5.74) is 0. The molecule has 0 aromatic rings. The second-order valence-electron chi connectivity index (χ2n) is 11.5. The number of carbonyl (C=O) groups excluding carboxylic acids is 2. The smallest absolute Gasteiger partial charge is 0.756 e. The van der Waals surface area contributed by atoms with Crippen LogP contribution in [0, 0.1) is 0 Å². The number of carbonyl (C=O) groups is 2. The fraction of sp³-hybridized carbons (Fsp3) is 0.920. The molecule has 11 atom stereocenters. The number of phosphoric acid groups is 4. The second kappa shape index (κ2) is 32.0. The summed E-state index contributed by atoms with van der Waals surface area (Å²) in [6, 6.07) is 0. The van der Waals surface area contributed by atoms with Gasteiger partial charge in [0.05, 0.1) is 6.61 Å². The van der Waals surface area contributed by atoms with E-state index in [2.05, 4.69) is 18.1 Å². The maximum absolute atomic E-state index is 12.8. The van der Waals surface area contributed by atoms with Crippen LogP contribution in [0.1, 0.15) is 90.9 Å². The zero-order valence-corrected chi connectivity index (χ0v) is 43.5. The third-order valence-electron chi connectivity index (χ3n) is 7.13. The van der Waals surface area contributed by atoms with E-state index in [0.29, 0.717) is 19.3 Å². The number of rotatable bonds is 26. The van der Waals surface area contributed by atoms with Crippen molar-refractivity contribution in [3.05, 3.63) is 0 Å². The first-order valence-corrected chi connectivity index (χ1v) is 21.9. The molecule has 0 saturated heterocycles. The van der Waals surface area contributed by atoms with Crippen molar-refractivity contribution in [2.24, 2.45) is 0 Å². The number of hydrogen-bond acceptors (Lipinski definition) is 19. The SMILES string of the molecule is CCCCCCCC(=O)OC[C@H](COP(=O)([O-])OC1[C@H](O)[C@H](OP(=O)([O-])O)C(OP(=O)([O-])O)[C@H](OP(=O)([O-])O)[C@H]1O)OC(=O)CCCCCCC.[Na+].[Na+].[Na+].[Na+]. The molecule has 0 amide bonds. The summed E-state index contributed by atoms with van der Waals surface area (Å²) in [6.07, 6.45) is -11.0. The van der Waals surface area contributed by atoms with E-state index in [1.165, 1.54) is 0 Å². The zero-order valence-electron chi connectivity index (χ0n) is 31.9. The van der Waals surface area contributed by atoms with Crippen molar-refractivity contribution in [3.63, 3.8) is 0 Å². The Bertz CT molecular complexity index is 1230. The Balaban J connectivity index is -0.00000325. The van der Waals surface area contributed by atoms with Gasteiger partial charge in [-0.15, -0.1) is 0 Å². The minimum atomic E-state index is -6.07. The van der Waals surface area contributed by atoms with Crippen molar-refractivity contribution >= 4 is 43.2 Å². The van der Waals surface area contributed by atoms with Gasteiger partial charge < -0.3 is 76.6 Å². The molecule has 6 unspecified atom stereocenters. The number of unbranched alkanes of at least 4 members (excludes halogenated alkanes) is 8. The molecule has 5 N–H and O–H groups in total. The summed E-state index contributed by atoms with van der Waals surface area (Å²) in [5.74, 6) is -1.50. The van der Waals surface area contributed by atoms with Gasteiger partial charge in [0.15, 0.2) is 6.10 Å². The molecule has 30 heteroatoms. The third-order valence-corrected chi connectivity index (χ3v) is 9.62. The van der Waals surface area contributed by atoms with E-state index in [4.69, 9.17) is 28.7 Å².